The van der Waals surface area contributed by atoms with Gasteiger partial charge in [-0.05, 0) is 48.4 Å². The lowest BCUT2D eigenvalue weighted by Gasteiger charge is -2.11. The van der Waals surface area contributed by atoms with Gasteiger partial charge in [-0.3, -0.25) is 14.3 Å². The molecule has 4 rings (SSSR count). The summed E-state index contributed by atoms with van der Waals surface area (Å²) in [5, 5.41) is 10.7. The van der Waals surface area contributed by atoms with Crippen LogP contribution in [0.2, 0.25) is 0 Å². The van der Waals surface area contributed by atoms with E-state index in [1.165, 1.54) is 17.7 Å². The zero-order valence-corrected chi connectivity index (χ0v) is 17.1. The lowest BCUT2D eigenvalue weighted by molar-refractivity contribution is 0.408. The fourth-order valence-electron chi connectivity index (χ4n) is 3.41. The lowest BCUT2D eigenvalue weighted by Crippen LogP contribution is -2.31. The standard InChI is InChI=1S/C23H21N3O5/c1-30-15-5-3-14(4-6-15)11-12-26-21-18(22(28)25-23(26)29)9-10-19(24-21)17-8-7-16(31-2)13-20(17)27/h3-10,13,27H,11-12H2,1-2H3,(H,25,28,29). The van der Waals surface area contributed by atoms with Crippen LogP contribution in [0, 0.1) is 0 Å². The third-order valence-corrected chi connectivity index (χ3v) is 5.11. The summed E-state index contributed by atoms with van der Waals surface area (Å²) in [5.74, 6) is 1.25. The van der Waals surface area contributed by atoms with E-state index in [-0.39, 0.29) is 11.4 Å². The molecule has 2 aromatic carbocycles. The second kappa shape index (κ2) is 8.35. The van der Waals surface area contributed by atoms with Crippen molar-refractivity contribution in [3.8, 4) is 28.5 Å². The molecule has 0 unspecified atom stereocenters. The third-order valence-electron chi connectivity index (χ3n) is 5.11. The monoisotopic (exact) mass is 419 g/mol. The molecule has 158 valence electrons. The van der Waals surface area contributed by atoms with Gasteiger partial charge >= 0.3 is 5.69 Å². The van der Waals surface area contributed by atoms with Gasteiger partial charge in [-0.25, -0.2) is 9.78 Å². The van der Waals surface area contributed by atoms with Gasteiger partial charge in [-0.2, -0.15) is 0 Å². The number of methoxy groups -OCH3 is 2. The molecule has 0 saturated heterocycles. The molecule has 4 aromatic rings. The Balaban J connectivity index is 1.76. The van der Waals surface area contributed by atoms with E-state index in [1.807, 2.05) is 24.3 Å². The summed E-state index contributed by atoms with van der Waals surface area (Å²) in [4.78, 5) is 31.8. The van der Waals surface area contributed by atoms with Gasteiger partial charge in [0.05, 0.1) is 25.3 Å². The van der Waals surface area contributed by atoms with Crippen LogP contribution in [0.15, 0.2) is 64.2 Å². The van der Waals surface area contributed by atoms with Crippen LogP contribution < -0.4 is 20.7 Å². The zero-order valence-electron chi connectivity index (χ0n) is 17.1. The average molecular weight is 419 g/mol. The van der Waals surface area contributed by atoms with Crippen LogP contribution in [-0.2, 0) is 13.0 Å². The van der Waals surface area contributed by atoms with Crippen molar-refractivity contribution in [2.45, 2.75) is 13.0 Å². The normalized spacial score (nSPS) is 10.9. The maximum atomic E-state index is 12.6. The summed E-state index contributed by atoms with van der Waals surface area (Å²) < 4.78 is 11.7. The molecule has 0 aliphatic heterocycles. The number of benzene rings is 2. The number of H-pyrrole nitrogens is 1. The molecule has 0 spiro atoms. The summed E-state index contributed by atoms with van der Waals surface area (Å²) >= 11 is 0. The lowest BCUT2D eigenvalue weighted by atomic mass is 10.1. The van der Waals surface area contributed by atoms with Crippen LogP contribution in [0.25, 0.3) is 22.3 Å². The molecule has 2 heterocycles. The molecule has 2 N–H and O–H groups in total. The van der Waals surface area contributed by atoms with Crippen molar-refractivity contribution in [3.63, 3.8) is 0 Å². The Morgan fingerprint density at radius 1 is 0.968 bits per heavy atom. The number of phenols is 1. The zero-order chi connectivity index (χ0) is 22.0. The molecule has 0 radical (unpaired) electrons. The van der Waals surface area contributed by atoms with Gasteiger partial charge < -0.3 is 14.6 Å². The van der Waals surface area contributed by atoms with Gasteiger partial charge in [0.25, 0.3) is 5.56 Å². The quantitative estimate of drug-likeness (QED) is 0.498. The predicted molar refractivity (Wildman–Crippen MR) is 117 cm³/mol. The number of hydrogen-bond acceptors (Lipinski definition) is 6. The van der Waals surface area contributed by atoms with E-state index in [1.54, 1.807) is 31.4 Å². The molecule has 0 bridgehead atoms. The average Bonchev–Trinajstić information content (AvgIpc) is 2.78. The van der Waals surface area contributed by atoms with Crippen molar-refractivity contribution in [1.29, 1.82) is 0 Å². The van der Waals surface area contributed by atoms with E-state index in [9.17, 15) is 14.7 Å². The first-order valence-corrected chi connectivity index (χ1v) is 9.64. The van der Waals surface area contributed by atoms with Crippen LogP contribution in [0.3, 0.4) is 0 Å². The van der Waals surface area contributed by atoms with Gasteiger partial charge in [0, 0.05) is 18.2 Å². The van der Waals surface area contributed by atoms with Crippen LogP contribution in [0.4, 0.5) is 0 Å². The Morgan fingerprint density at radius 3 is 2.35 bits per heavy atom. The first kappa shape index (κ1) is 20.2. The Bertz CT molecular complexity index is 1360. The molecule has 0 amide bonds. The van der Waals surface area contributed by atoms with Crippen molar-refractivity contribution in [2.24, 2.45) is 0 Å². The van der Waals surface area contributed by atoms with E-state index >= 15 is 0 Å². The largest absolute Gasteiger partial charge is 0.507 e. The number of ether oxygens (including phenoxy) is 2. The summed E-state index contributed by atoms with van der Waals surface area (Å²) in [6, 6.07) is 15.7. The predicted octanol–water partition coefficient (Wildman–Crippen LogP) is 2.72. The summed E-state index contributed by atoms with van der Waals surface area (Å²) in [7, 11) is 3.11. The van der Waals surface area contributed by atoms with Crippen molar-refractivity contribution >= 4 is 11.0 Å². The van der Waals surface area contributed by atoms with E-state index in [0.717, 1.165) is 11.3 Å². The summed E-state index contributed by atoms with van der Waals surface area (Å²) in [5.41, 5.74) is 1.15. The first-order chi connectivity index (χ1) is 15.0. The topological polar surface area (TPSA) is 106 Å². The highest BCUT2D eigenvalue weighted by Crippen LogP contribution is 2.31. The maximum absolute atomic E-state index is 12.6. The van der Waals surface area contributed by atoms with E-state index in [2.05, 4.69) is 9.97 Å². The molecule has 8 heteroatoms. The molecule has 0 fully saturated rings. The first-order valence-electron chi connectivity index (χ1n) is 9.64. The Morgan fingerprint density at radius 2 is 1.68 bits per heavy atom. The number of aromatic nitrogens is 3. The SMILES string of the molecule is COc1ccc(CCn2c(=O)[nH]c(=O)c3ccc(-c4ccc(OC)cc4O)nc32)cc1. The number of aromatic amines is 1. The highest BCUT2D eigenvalue weighted by Gasteiger charge is 2.13. The maximum Gasteiger partial charge on any atom is 0.330 e. The molecule has 0 atom stereocenters. The van der Waals surface area contributed by atoms with Crippen molar-refractivity contribution in [3.05, 3.63) is 81.0 Å². The second-order valence-electron chi connectivity index (χ2n) is 6.96. The van der Waals surface area contributed by atoms with Crippen LogP contribution in [0.1, 0.15) is 5.56 Å². The fraction of sp³-hybridized carbons (Fsp3) is 0.174. The molecule has 0 saturated carbocycles. The molecule has 0 aliphatic rings. The number of nitrogens with one attached hydrogen (secondary N) is 1. The minimum absolute atomic E-state index is 0.0110. The summed E-state index contributed by atoms with van der Waals surface area (Å²) in [6.07, 6.45) is 0.560. The van der Waals surface area contributed by atoms with Gasteiger partial charge in [-0.1, -0.05) is 12.1 Å². The Labute approximate surface area is 177 Å². The summed E-state index contributed by atoms with van der Waals surface area (Å²) in [6.45, 7) is 0.323. The van der Waals surface area contributed by atoms with Crippen LogP contribution in [0.5, 0.6) is 17.2 Å². The molecule has 8 nitrogen and oxygen atoms in total. The number of aromatic hydroxyl groups is 1. The Kier molecular flexibility index (Phi) is 5.44. The number of rotatable bonds is 6. The minimum atomic E-state index is -0.533. The van der Waals surface area contributed by atoms with Gasteiger partial charge in [0.2, 0.25) is 0 Å². The van der Waals surface area contributed by atoms with Crippen LogP contribution in [-0.4, -0.2) is 33.9 Å². The number of aryl methyl sites for hydroxylation is 2. The third kappa shape index (κ3) is 4.00. The molecule has 2 aromatic heterocycles. The van der Waals surface area contributed by atoms with Crippen LogP contribution >= 0.6 is 0 Å². The molecule has 31 heavy (non-hydrogen) atoms. The molecular formula is C23H21N3O5. The highest BCUT2D eigenvalue weighted by molar-refractivity contribution is 5.79. The van der Waals surface area contributed by atoms with Crippen molar-refractivity contribution < 1.29 is 14.6 Å². The van der Waals surface area contributed by atoms with E-state index < -0.39 is 11.2 Å². The number of hydrogen-bond donors (Lipinski definition) is 2. The fourth-order valence-corrected chi connectivity index (χ4v) is 3.41. The molecule has 0 aliphatic carbocycles. The number of fused-ring (bicyclic) bond motifs is 1. The van der Waals surface area contributed by atoms with Gasteiger partial charge in [-0.15, -0.1) is 0 Å². The van der Waals surface area contributed by atoms with Gasteiger partial charge in [0.1, 0.15) is 22.9 Å². The van der Waals surface area contributed by atoms with Gasteiger partial charge in [0.15, 0.2) is 0 Å². The highest BCUT2D eigenvalue weighted by atomic mass is 16.5. The smallest absolute Gasteiger partial charge is 0.330 e. The molecular weight excluding hydrogens is 398 g/mol. The second-order valence-corrected chi connectivity index (χ2v) is 6.96. The number of pyridine rings is 1. The number of nitrogens with zero attached hydrogens (tertiary/aromatic N) is 2. The Hall–Kier alpha value is -4.07. The van der Waals surface area contributed by atoms with Crippen molar-refractivity contribution in [2.75, 3.05) is 14.2 Å². The minimum Gasteiger partial charge on any atom is -0.507 e. The number of phenolic OH excluding ortho intramolecular Hbond substituents is 1. The van der Waals surface area contributed by atoms with E-state index in [0.29, 0.717) is 35.4 Å². The van der Waals surface area contributed by atoms with Crippen molar-refractivity contribution in [1.82, 2.24) is 14.5 Å². The van der Waals surface area contributed by atoms with E-state index in [4.69, 9.17) is 9.47 Å².